The summed E-state index contributed by atoms with van der Waals surface area (Å²) in [6.45, 7) is 5.10. The molecule has 0 aliphatic carbocycles. The topological polar surface area (TPSA) is 72.2 Å². The predicted octanol–water partition coefficient (Wildman–Crippen LogP) is 4.16. The Labute approximate surface area is 140 Å². The fraction of sp³-hybridized carbons (Fsp3) is 0.267. The zero-order valence-electron chi connectivity index (χ0n) is 12.1. The minimum absolute atomic E-state index is 0.0620. The quantitative estimate of drug-likeness (QED) is 0.518. The predicted molar refractivity (Wildman–Crippen MR) is 86.0 cm³/mol. The van der Waals surface area contributed by atoms with Crippen molar-refractivity contribution in [2.24, 2.45) is 0 Å². The SMILES string of the molecule is CC(C)(C)OC(=O)Oc1ncc(I)c2cc(C#N)c(F)cc12. The molecule has 2 aromatic rings. The van der Waals surface area contributed by atoms with Gasteiger partial charge in [0.25, 0.3) is 0 Å². The highest BCUT2D eigenvalue weighted by Crippen LogP contribution is 2.30. The van der Waals surface area contributed by atoms with E-state index in [0.29, 0.717) is 14.3 Å². The Bertz CT molecular complexity index is 794. The molecular weight excluding hydrogens is 402 g/mol. The highest BCUT2D eigenvalue weighted by atomic mass is 127. The van der Waals surface area contributed by atoms with Gasteiger partial charge in [-0.05, 0) is 55.5 Å². The van der Waals surface area contributed by atoms with E-state index >= 15 is 0 Å². The Morgan fingerprint density at radius 3 is 2.64 bits per heavy atom. The van der Waals surface area contributed by atoms with E-state index in [1.54, 1.807) is 26.8 Å². The van der Waals surface area contributed by atoms with E-state index in [-0.39, 0.29) is 11.4 Å². The number of carbonyl (C=O) groups excluding carboxylic acids is 1. The van der Waals surface area contributed by atoms with Gasteiger partial charge in [-0.2, -0.15) is 5.26 Å². The summed E-state index contributed by atoms with van der Waals surface area (Å²) >= 11 is 2.01. The number of benzene rings is 1. The first kappa shape index (κ1) is 16.4. The van der Waals surface area contributed by atoms with Gasteiger partial charge in [-0.3, -0.25) is 0 Å². The van der Waals surface area contributed by atoms with Crippen molar-refractivity contribution in [2.75, 3.05) is 0 Å². The van der Waals surface area contributed by atoms with Crippen molar-refractivity contribution in [3.8, 4) is 11.9 Å². The Balaban J connectivity index is 2.48. The van der Waals surface area contributed by atoms with Crippen LogP contribution in [0.25, 0.3) is 10.8 Å². The molecule has 0 aliphatic rings. The molecule has 0 N–H and O–H groups in total. The Kier molecular flexibility index (Phi) is 4.51. The van der Waals surface area contributed by atoms with Crippen LogP contribution in [0.1, 0.15) is 26.3 Å². The maximum Gasteiger partial charge on any atom is 0.515 e. The molecule has 0 unspecified atom stereocenters. The molecule has 0 atom stereocenters. The minimum atomic E-state index is -0.924. The molecule has 0 radical (unpaired) electrons. The van der Waals surface area contributed by atoms with E-state index < -0.39 is 17.6 Å². The smallest absolute Gasteiger partial charge is 0.428 e. The molecular formula is C15H12FIN2O3. The van der Waals surface area contributed by atoms with Crippen molar-refractivity contribution in [1.29, 1.82) is 5.26 Å². The summed E-state index contributed by atoms with van der Waals surface area (Å²) < 4.78 is 24.6. The van der Waals surface area contributed by atoms with E-state index in [2.05, 4.69) is 4.98 Å². The summed E-state index contributed by atoms with van der Waals surface area (Å²) in [5, 5.41) is 9.77. The third-order valence-corrected chi connectivity index (χ3v) is 3.44. The molecule has 0 aliphatic heterocycles. The van der Waals surface area contributed by atoms with Crippen LogP contribution in [0.3, 0.4) is 0 Å². The van der Waals surface area contributed by atoms with Gasteiger partial charge in [0.2, 0.25) is 5.88 Å². The van der Waals surface area contributed by atoms with Crippen LogP contribution in [-0.2, 0) is 4.74 Å². The number of nitriles is 1. The number of halogens is 2. The number of fused-ring (bicyclic) bond motifs is 1. The lowest BCUT2D eigenvalue weighted by Crippen LogP contribution is -2.26. The number of hydrogen-bond acceptors (Lipinski definition) is 5. The maximum absolute atomic E-state index is 13.8. The molecule has 5 nitrogen and oxygen atoms in total. The summed E-state index contributed by atoms with van der Waals surface area (Å²) in [6.07, 6.45) is 0.550. The number of nitrogens with zero attached hydrogens (tertiary/aromatic N) is 2. The molecule has 0 bridgehead atoms. The Morgan fingerprint density at radius 2 is 2.05 bits per heavy atom. The van der Waals surface area contributed by atoms with Crippen molar-refractivity contribution in [3.63, 3.8) is 0 Å². The van der Waals surface area contributed by atoms with Crippen molar-refractivity contribution in [2.45, 2.75) is 26.4 Å². The van der Waals surface area contributed by atoms with Crippen molar-refractivity contribution in [1.82, 2.24) is 4.98 Å². The van der Waals surface area contributed by atoms with E-state index in [1.165, 1.54) is 12.3 Å². The molecule has 2 rings (SSSR count). The molecule has 0 spiro atoms. The summed E-state index contributed by atoms with van der Waals surface area (Å²) in [5.74, 6) is -0.763. The molecule has 1 aromatic heterocycles. The van der Waals surface area contributed by atoms with Gasteiger partial charge in [-0.1, -0.05) is 0 Å². The molecule has 0 fully saturated rings. The summed E-state index contributed by atoms with van der Waals surface area (Å²) in [6, 6.07) is 4.30. The molecule has 7 heteroatoms. The third kappa shape index (κ3) is 3.62. The molecule has 114 valence electrons. The summed E-state index contributed by atoms with van der Waals surface area (Å²) in [7, 11) is 0. The summed E-state index contributed by atoms with van der Waals surface area (Å²) in [4.78, 5) is 15.7. The standard InChI is InChI=1S/C15H12FIN2O3/c1-15(2,3)22-14(20)21-13-10-5-11(16)8(6-18)4-9(10)12(17)7-19-13/h4-5,7H,1-3H3. The van der Waals surface area contributed by atoms with Gasteiger partial charge in [0.05, 0.1) is 5.56 Å². The van der Waals surface area contributed by atoms with Crippen LogP contribution < -0.4 is 4.74 Å². The van der Waals surface area contributed by atoms with Crippen LogP contribution in [0, 0.1) is 20.7 Å². The van der Waals surface area contributed by atoms with E-state index in [1.807, 2.05) is 22.6 Å². The number of carbonyl (C=O) groups is 1. The molecule has 22 heavy (non-hydrogen) atoms. The monoisotopic (exact) mass is 414 g/mol. The average molecular weight is 414 g/mol. The maximum atomic E-state index is 13.8. The van der Waals surface area contributed by atoms with Crippen LogP contribution in [0.4, 0.5) is 9.18 Å². The second-order valence-electron chi connectivity index (χ2n) is 5.47. The fourth-order valence-corrected chi connectivity index (χ4v) is 2.30. The molecule has 0 saturated heterocycles. The van der Waals surface area contributed by atoms with Crippen LogP contribution in [-0.4, -0.2) is 16.7 Å². The highest BCUT2D eigenvalue weighted by Gasteiger charge is 2.20. The van der Waals surface area contributed by atoms with Crippen molar-refractivity contribution in [3.05, 3.63) is 33.3 Å². The first-order valence-corrected chi connectivity index (χ1v) is 7.38. The zero-order chi connectivity index (χ0) is 16.5. The average Bonchev–Trinajstić information content (AvgIpc) is 2.39. The van der Waals surface area contributed by atoms with E-state index in [0.717, 1.165) is 6.07 Å². The molecule has 0 amide bonds. The summed E-state index contributed by atoms with van der Waals surface area (Å²) in [5.41, 5.74) is -0.796. The van der Waals surface area contributed by atoms with Crippen LogP contribution in [0.2, 0.25) is 0 Å². The van der Waals surface area contributed by atoms with Gasteiger partial charge < -0.3 is 9.47 Å². The zero-order valence-corrected chi connectivity index (χ0v) is 14.3. The first-order chi connectivity index (χ1) is 10.2. The van der Waals surface area contributed by atoms with Crippen molar-refractivity contribution < 1.29 is 18.7 Å². The van der Waals surface area contributed by atoms with Gasteiger partial charge >= 0.3 is 6.16 Å². The molecule has 1 aromatic carbocycles. The minimum Gasteiger partial charge on any atom is -0.428 e. The molecule has 1 heterocycles. The second-order valence-corrected chi connectivity index (χ2v) is 6.63. The van der Waals surface area contributed by atoms with E-state index in [9.17, 15) is 9.18 Å². The number of ether oxygens (including phenoxy) is 2. The van der Waals surface area contributed by atoms with Crippen LogP contribution in [0.15, 0.2) is 18.3 Å². The highest BCUT2D eigenvalue weighted by molar-refractivity contribution is 14.1. The van der Waals surface area contributed by atoms with Crippen molar-refractivity contribution >= 4 is 39.5 Å². The lowest BCUT2D eigenvalue weighted by Gasteiger charge is -2.18. The number of hydrogen-bond donors (Lipinski definition) is 0. The van der Waals surface area contributed by atoms with Gasteiger partial charge in [0.1, 0.15) is 17.5 Å². The van der Waals surface area contributed by atoms with Crippen LogP contribution >= 0.6 is 22.6 Å². The number of pyridine rings is 1. The first-order valence-electron chi connectivity index (χ1n) is 6.30. The Morgan fingerprint density at radius 1 is 1.36 bits per heavy atom. The fourth-order valence-electron chi connectivity index (χ4n) is 1.72. The van der Waals surface area contributed by atoms with Gasteiger partial charge in [0, 0.05) is 20.5 Å². The number of rotatable bonds is 1. The largest absolute Gasteiger partial charge is 0.515 e. The lowest BCUT2D eigenvalue weighted by molar-refractivity contribution is 0.0200. The third-order valence-electron chi connectivity index (χ3n) is 2.58. The Hall–Kier alpha value is -1.95. The van der Waals surface area contributed by atoms with E-state index in [4.69, 9.17) is 14.7 Å². The number of aromatic nitrogens is 1. The van der Waals surface area contributed by atoms with Crippen LogP contribution in [0.5, 0.6) is 5.88 Å². The molecule has 0 saturated carbocycles. The normalized spacial score (nSPS) is 11.1. The second kappa shape index (κ2) is 6.04. The lowest BCUT2D eigenvalue weighted by atomic mass is 10.1. The van der Waals surface area contributed by atoms with Gasteiger partial charge in [-0.25, -0.2) is 14.2 Å². The van der Waals surface area contributed by atoms with Gasteiger partial charge in [0.15, 0.2) is 0 Å². The van der Waals surface area contributed by atoms with Gasteiger partial charge in [-0.15, -0.1) is 0 Å².